The van der Waals surface area contributed by atoms with Crippen LogP contribution in [0.1, 0.15) is 21.5 Å². The minimum atomic E-state index is -3.79. The first kappa shape index (κ1) is 22.8. The van der Waals surface area contributed by atoms with Crippen LogP contribution in [0.5, 0.6) is 5.75 Å². The monoisotopic (exact) mass is 453 g/mol. The van der Waals surface area contributed by atoms with Gasteiger partial charge in [-0.05, 0) is 67.4 Å². The highest BCUT2D eigenvalue weighted by atomic mass is 32.2. The van der Waals surface area contributed by atoms with Crippen molar-refractivity contribution in [2.75, 3.05) is 11.3 Å². The molecule has 32 heavy (non-hydrogen) atoms. The lowest BCUT2D eigenvalue weighted by atomic mass is 10.1. The minimum absolute atomic E-state index is 0.00358. The average molecular weight is 454 g/mol. The highest BCUT2D eigenvalue weighted by Gasteiger charge is 2.15. The van der Waals surface area contributed by atoms with Crippen LogP contribution in [-0.2, 0) is 14.8 Å². The van der Waals surface area contributed by atoms with Gasteiger partial charge in [0.2, 0.25) is 0 Å². The van der Waals surface area contributed by atoms with Crippen molar-refractivity contribution in [2.24, 2.45) is 0 Å². The van der Waals surface area contributed by atoms with Gasteiger partial charge in [0.05, 0.1) is 4.90 Å². The van der Waals surface area contributed by atoms with Gasteiger partial charge in [-0.1, -0.05) is 30.3 Å². The Hall–Kier alpha value is -3.85. The van der Waals surface area contributed by atoms with Gasteiger partial charge in [0, 0.05) is 11.3 Å². The lowest BCUT2D eigenvalue weighted by molar-refractivity contribution is -0.123. The molecule has 0 aromatic heterocycles. The number of carbonyl (C=O) groups excluding carboxylic acids is 2. The number of hydrogen-bond acceptors (Lipinski definition) is 5. The quantitative estimate of drug-likeness (QED) is 0.476. The van der Waals surface area contributed by atoms with Gasteiger partial charge in [0.1, 0.15) is 5.75 Å². The van der Waals surface area contributed by atoms with E-state index in [0.29, 0.717) is 11.4 Å². The number of benzene rings is 3. The predicted molar refractivity (Wildman–Crippen MR) is 121 cm³/mol. The SMILES string of the molecule is Cc1ccc(C)c(OCC(=O)NNC(=O)c2ccc(S(=O)(=O)Nc3ccccc3)cc2)c1. The smallest absolute Gasteiger partial charge is 0.276 e. The van der Waals surface area contributed by atoms with E-state index in [1.165, 1.54) is 24.3 Å². The summed E-state index contributed by atoms with van der Waals surface area (Å²) in [5.41, 5.74) is 7.05. The van der Waals surface area contributed by atoms with Gasteiger partial charge in [0.15, 0.2) is 6.61 Å². The third-order valence-electron chi connectivity index (χ3n) is 4.47. The number of sulfonamides is 1. The molecule has 0 unspecified atom stereocenters. The number of para-hydroxylation sites is 1. The zero-order valence-corrected chi connectivity index (χ0v) is 18.4. The van der Waals surface area contributed by atoms with Gasteiger partial charge in [-0.3, -0.25) is 25.2 Å². The van der Waals surface area contributed by atoms with Crippen molar-refractivity contribution in [2.45, 2.75) is 18.7 Å². The molecule has 3 aromatic rings. The molecular weight excluding hydrogens is 430 g/mol. The number of hydrogen-bond donors (Lipinski definition) is 3. The fraction of sp³-hybridized carbons (Fsp3) is 0.130. The third kappa shape index (κ3) is 6.08. The van der Waals surface area contributed by atoms with E-state index >= 15 is 0 Å². The molecule has 3 rings (SSSR count). The Morgan fingerprint density at radius 3 is 2.25 bits per heavy atom. The van der Waals surface area contributed by atoms with Gasteiger partial charge < -0.3 is 4.74 Å². The maximum atomic E-state index is 12.4. The Morgan fingerprint density at radius 2 is 1.56 bits per heavy atom. The molecule has 0 aliphatic carbocycles. The summed E-state index contributed by atoms with van der Waals surface area (Å²) in [6.45, 7) is 3.52. The molecule has 0 bridgehead atoms. The van der Waals surface area contributed by atoms with Crippen molar-refractivity contribution in [3.63, 3.8) is 0 Å². The second-order valence-corrected chi connectivity index (χ2v) is 8.74. The van der Waals surface area contributed by atoms with Gasteiger partial charge in [-0.25, -0.2) is 8.42 Å². The van der Waals surface area contributed by atoms with Crippen LogP contribution >= 0.6 is 0 Å². The van der Waals surface area contributed by atoms with Crippen molar-refractivity contribution in [1.29, 1.82) is 0 Å². The van der Waals surface area contributed by atoms with E-state index in [9.17, 15) is 18.0 Å². The van der Waals surface area contributed by atoms with Crippen LogP contribution in [0, 0.1) is 13.8 Å². The zero-order chi connectivity index (χ0) is 23.1. The number of rotatable bonds is 7. The first-order valence-electron chi connectivity index (χ1n) is 9.72. The fourth-order valence-corrected chi connectivity index (χ4v) is 3.81. The lowest BCUT2D eigenvalue weighted by Crippen LogP contribution is -2.43. The number of anilines is 1. The number of ether oxygens (including phenoxy) is 1. The van der Waals surface area contributed by atoms with E-state index in [2.05, 4.69) is 15.6 Å². The third-order valence-corrected chi connectivity index (χ3v) is 5.87. The van der Waals surface area contributed by atoms with Crippen LogP contribution in [-0.4, -0.2) is 26.8 Å². The molecule has 3 aromatic carbocycles. The normalized spacial score (nSPS) is 10.8. The van der Waals surface area contributed by atoms with Crippen molar-refractivity contribution in [3.8, 4) is 5.75 Å². The molecule has 9 heteroatoms. The van der Waals surface area contributed by atoms with Crippen LogP contribution in [0.4, 0.5) is 5.69 Å². The van der Waals surface area contributed by atoms with Crippen LogP contribution in [0.2, 0.25) is 0 Å². The molecule has 0 atom stereocenters. The van der Waals surface area contributed by atoms with Crippen molar-refractivity contribution in [1.82, 2.24) is 10.9 Å². The first-order chi connectivity index (χ1) is 15.2. The number of hydrazine groups is 1. The molecule has 0 saturated carbocycles. The number of carbonyl (C=O) groups is 2. The molecule has 166 valence electrons. The first-order valence-corrected chi connectivity index (χ1v) is 11.2. The van der Waals surface area contributed by atoms with Crippen LogP contribution in [0.3, 0.4) is 0 Å². The van der Waals surface area contributed by atoms with E-state index in [1.54, 1.807) is 30.3 Å². The predicted octanol–water partition coefficient (Wildman–Crippen LogP) is 2.94. The van der Waals surface area contributed by atoms with Crippen LogP contribution < -0.4 is 20.3 Å². The maximum absolute atomic E-state index is 12.4. The van der Waals surface area contributed by atoms with Crippen LogP contribution in [0.15, 0.2) is 77.7 Å². The fourth-order valence-electron chi connectivity index (χ4n) is 2.75. The van der Waals surface area contributed by atoms with E-state index in [0.717, 1.165) is 11.1 Å². The molecule has 2 amide bonds. The average Bonchev–Trinajstić information content (AvgIpc) is 2.78. The molecular formula is C23H23N3O5S. The van der Waals surface area contributed by atoms with Crippen molar-refractivity contribution >= 4 is 27.5 Å². The van der Waals surface area contributed by atoms with Crippen molar-refractivity contribution < 1.29 is 22.7 Å². The summed E-state index contributed by atoms with van der Waals surface area (Å²) in [6.07, 6.45) is 0. The van der Waals surface area contributed by atoms with Crippen molar-refractivity contribution in [3.05, 3.63) is 89.5 Å². The number of nitrogens with one attached hydrogen (secondary N) is 3. The Labute approximate surface area is 186 Å². The minimum Gasteiger partial charge on any atom is -0.483 e. The summed E-state index contributed by atoms with van der Waals surface area (Å²) in [4.78, 5) is 24.2. The zero-order valence-electron chi connectivity index (χ0n) is 17.6. The van der Waals surface area contributed by atoms with Gasteiger partial charge in [-0.15, -0.1) is 0 Å². The summed E-state index contributed by atoms with van der Waals surface area (Å²) in [6, 6.07) is 19.5. The Bertz CT molecular complexity index is 1210. The molecule has 0 aliphatic heterocycles. The highest BCUT2D eigenvalue weighted by Crippen LogP contribution is 2.19. The van der Waals surface area contributed by atoms with Gasteiger partial charge in [0.25, 0.3) is 21.8 Å². The van der Waals surface area contributed by atoms with Crippen LogP contribution in [0.25, 0.3) is 0 Å². The molecule has 0 saturated heterocycles. The Morgan fingerprint density at radius 1 is 0.875 bits per heavy atom. The van der Waals surface area contributed by atoms with E-state index in [4.69, 9.17) is 4.74 Å². The summed E-state index contributed by atoms with van der Waals surface area (Å²) in [5, 5.41) is 0. The van der Waals surface area contributed by atoms with E-state index < -0.39 is 21.8 Å². The topological polar surface area (TPSA) is 114 Å². The standard InChI is InChI=1S/C23H23N3O5S/c1-16-8-9-17(2)21(14-16)31-15-22(27)24-25-23(28)18-10-12-20(13-11-18)32(29,30)26-19-6-4-3-5-7-19/h3-14,26H,15H2,1-2H3,(H,24,27)(H,25,28). The second-order valence-electron chi connectivity index (χ2n) is 7.06. The Kier molecular flexibility index (Phi) is 7.11. The van der Waals surface area contributed by atoms with E-state index in [1.807, 2.05) is 32.0 Å². The summed E-state index contributed by atoms with van der Waals surface area (Å²) < 4.78 is 32.8. The molecule has 0 spiro atoms. The molecule has 3 N–H and O–H groups in total. The Balaban J connectivity index is 1.53. The number of amides is 2. The highest BCUT2D eigenvalue weighted by molar-refractivity contribution is 7.92. The molecule has 0 radical (unpaired) electrons. The molecule has 0 fully saturated rings. The summed E-state index contributed by atoms with van der Waals surface area (Å²) in [5.74, 6) is -0.539. The lowest BCUT2D eigenvalue weighted by Gasteiger charge is -2.11. The summed E-state index contributed by atoms with van der Waals surface area (Å²) in [7, 11) is -3.79. The second kappa shape index (κ2) is 9.97. The van der Waals surface area contributed by atoms with Gasteiger partial charge in [-0.2, -0.15) is 0 Å². The largest absolute Gasteiger partial charge is 0.483 e. The number of aryl methyl sites for hydroxylation is 2. The molecule has 8 nitrogen and oxygen atoms in total. The molecule has 0 aliphatic rings. The van der Waals surface area contributed by atoms with E-state index in [-0.39, 0.29) is 17.1 Å². The summed E-state index contributed by atoms with van der Waals surface area (Å²) >= 11 is 0. The maximum Gasteiger partial charge on any atom is 0.276 e. The molecule has 0 heterocycles. The van der Waals surface area contributed by atoms with Gasteiger partial charge >= 0.3 is 0 Å².